The Balaban J connectivity index is 1.41. The third-order valence-electron chi connectivity index (χ3n) is 6.79. The maximum atomic E-state index is 14.7. The van der Waals surface area contributed by atoms with Crippen molar-refractivity contribution in [2.45, 2.75) is 22.8 Å². The minimum atomic E-state index is -4.32. The fraction of sp³-hybridized carbons (Fsp3) is 0.138. The van der Waals surface area contributed by atoms with Crippen LogP contribution in [-0.2, 0) is 37.8 Å². The number of rotatable bonds is 9. The van der Waals surface area contributed by atoms with Gasteiger partial charge in [0.1, 0.15) is 5.82 Å². The van der Waals surface area contributed by atoms with E-state index in [1.165, 1.54) is 71.0 Å². The molecule has 5 rings (SSSR count). The second kappa shape index (κ2) is 12.4. The molecule has 1 aliphatic rings. The van der Waals surface area contributed by atoms with E-state index in [0.717, 1.165) is 15.9 Å². The van der Waals surface area contributed by atoms with Gasteiger partial charge >= 0.3 is 0 Å². The highest BCUT2D eigenvalue weighted by molar-refractivity contribution is 7.92. The van der Waals surface area contributed by atoms with Crippen molar-refractivity contribution in [2.75, 3.05) is 22.7 Å². The molecule has 0 aromatic heterocycles. The van der Waals surface area contributed by atoms with Crippen LogP contribution in [0.5, 0.6) is 0 Å². The number of hydrogen-bond acceptors (Lipinski definition) is 5. The molecule has 1 heterocycles. The van der Waals surface area contributed by atoms with Gasteiger partial charge in [0.25, 0.3) is 10.0 Å². The van der Waals surface area contributed by atoms with E-state index in [2.05, 4.69) is 5.32 Å². The van der Waals surface area contributed by atoms with Crippen molar-refractivity contribution < 1.29 is 26.0 Å². The van der Waals surface area contributed by atoms with Crippen LogP contribution in [0.25, 0.3) is 0 Å². The van der Waals surface area contributed by atoms with E-state index in [1.807, 2.05) is 0 Å². The summed E-state index contributed by atoms with van der Waals surface area (Å²) >= 11 is 18.0. The molecule has 14 heteroatoms. The molecule has 0 bridgehead atoms. The third kappa shape index (κ3) is 6.67. The van der Waals surface area contributed by atoms with E-state index in [-0.39, 0.29) is 32.6 Å². The van der Waals surface area contributed by atoms with Gasteiger partial charge in [0.15, 0.2) is 0 Å². The number of hydrogen-bond donors (Lipinski definition) is 1. The molecule has 0 radical (unpaired) electrons. The molecule has 1 N–H and O–H groups in total. The molecule has 0 unspecified atom stereocenters. The summed E-state index contributed by atoms with van der Waals surface area (Å²) in [7, 11) is -8.23. The summed E-state index contributed by atoms with van der Waals surface area (Å²) < 4.78 is 70.6. The average molecular weight is 683 g/mol. The van der Waals surface area contributed by atoms with Gasteiger partial charge in [-0.15, -0.1) is 0 Å². The van der Waals surface area contributed by atoms with E-state index >= 15 is 0 Å². The summed E-state index contributed by atoms with van der Waals surface area (Å²) in [5.74, 6) is -1.47. The Kier molecular flexibility index (Phi) is 9.03. The van der Waals surface area contributed by atoms with Crippen LogP contribution in [-0.4, -0.2) is 40.1 Å². The Labute approximate surface area is 263 Å². The highest BCUT2D eigenvalue weighted by Crippen LogP contribution is 2.35. The SMILES string of the molecule is O=C(CN(Cc1c(F)cccc1Cl)S(=O)(=O)c1ccc(Cl)cc1)Nc1ccc2c(c1)N(S(=O)(=O)c1ccc(Cl)cc1)CC2. The Morgan fingerprint density at radius 3 is 2.12 bits per heavy atom. The van der Waals surface area contributed by atoms with Gasteiger partial charge < -0.3 is 5.32 Å². The second-order valence-electron chi connectivity index (χ2n) is 9.60. The van der Waals surface area contributed by atoms with E-state index in [0.29, 0.717) is 22.2 Å². The first-order chi connectivity index (χ1) is 20.4. The van der Waals surface area contributed by atoms with Gasteiger partial charge in [-0.05, 0) is 84.8 Å². The van der Waals surface area contributed by atoms with Crippen molar-refractivity contribution in [3.05, 3.63) is 117 Å². The van der Waals surface area contributed by atoms with Crippen molar-refractivity contribution in [2.24, 2.45) is 0 Å². The van der Waals surface area contributed by atoms with Crippen LogP contribution in [0, 0.1) is 5.82 Å². The number of benzene rings is 4. The maximum absolute atomic E-state index is 14.7. The predicted octanol–water partition coefficient (Wildman–Crippen LogP) is 6.37. The van der Waals surface area contributed by atoms with E-state index in [9.17, 15) is 26.0 Å². The fourth-order valence-corrected chi connectivity index (χ4v) is 7.95. The zero-order valence-electron chi connectivity index (χ0n) is 22.2. The summed E-state index contributed by atoms with van der Waals surface area (Å²) in [6.45, 7) is -1.02. The fourth-order valence-electron chi connectivity index (χ4n) is 4.61. The second-order valence-corrected chi connectivity index (χ2v) is 14.7. The number of anilines is 2. The molecule has 1 aliphatic heterocycles. The van der Waals surface area contributed by atoms with Crippen molar-refractivity contribution in [1.29, 1.82) is 0 Å². The topological polar surface area (TPSA) is 104 Å². The highest BCUT2D eigenvalue weighted by atomic mass is 35.5. The van der Waals surface area contributed by atoms with Gasteiger partial charge in [0, 0.05) is 39.4 Å². The number of carbonyl (C=O) groups is 1. The molecule has 0 aliphatic carbocycles. The Bertz CT molecular complexity index is 1890. The first-order valence-electron chi connectivity index (χ1n) is 12.8. The lowest BCUT2D eigenvalue weighted by Gasteiger charge is -2.23. The van der Waals surface area contributed by atoms with Gasteiger partial charge in [-0.1, -0.05) is 46.9 Å². The van der Waals surface area contributed by atoms with Gasteiger partial charge in [0.05, 0.1) is 22.0 Å². The molecular formula is C29H23Cl3FN3O5S2. The van der Waals surface area contributed by atoms with Gasteiger partial charge in [-0.25, -0.2) is 21.2 Å². The van der Waals surface area contributed by atoms with Crippen molar-refractivity contribution in [1.82, 2.24) is 4.31 Å². The molecule has 4 aromatic rings. The monoisotopic (exact) mass is 681 g/mol. The minimum Gasteiger partial charge on any atom is -0.325 e. The quantitative estimate of drug-likeness (QED) is 0.221. The Morgan fingerprint density at radius 2 is 1.49 bits per heavy atom. The van der Waals surface area contributed by atoms with Crippen molar-refractivity contribution in [3.8, 4) is 0 Å². The third-order valence-corrected chi connectivity index (χ3v) is 11.3. The number of sulfonamides is 2. The Hall–Kier alpha value is -3.19. The zero-order valence-corrected chi connectivity index (χ0v) is 26.1. The lowest BCUT2D eigenvalue weighted by molar-refractivity contribution is -0.116. The zero-order chi connectivity index (χ0) is 30.9. The number of nitrogens with zero attached hydrogens (tertiary/aromatic N) is 2. The molecule has 0 saturated heterocycles. The number of amides is 1. The van der Waals surface area contributed by atoms with Crippen LogP contribution in [0.3, 0.4) is 0 Å². The Morgan fingerprint density at radius 1 is 0.860 bits per heavy atom. The molecule has 0 fully saturated rings. The van der Waals surface area contributed by atoms with Gasteiger partial charge in [-0.2, -0.15) is 4.31 Å². The van der Waals surface area contributed by atoms with Gasteiger partial charge in [-0.3, -0.25) is 9.10 Å². The molecule has 0 saturated carbocycles. The molecule has 0 spiro atoms. The van der Waals surface area contributed by atoms with Gasteiger partial charge in [0.2, 0.25) is 15.9 Å². The molecule has 0 atom stereocenters. The van der Waals surface area contributed by atoms with E-state index < -0.39 is 44.9 Å². The lowest BCUT2D eigenvalue weighted by Crippen LogP contribution is -2.38. The van der Waals surface area contributed by atoms with Crippen LogP contribution in [0.15, 0.2) is 94.7 Å². The van der Waals surface area contributed by atoms with E-state index in [1.54, 1.807) is 12.1 Å². The summed E-state index contributed by atoms with van der Waals surface area (Å²) in [6.07, 6.45) is 0.465. The van der Waals surface area contributed by atoms with E-state index in [4.69, 9.17) is 34.8 Å². The summed E-state index contributed by atoms with van der Waals surface area (Å²) in [6, 6.07) is 19.9. The number of nitrogens with one attached hydrogen (secondary N) is 1. The molecular weight excluding hydrogens is 660 g/mol. The maximum Gasteiger partial charge on any atom is 0.264 e. The average Bonchev–Trinajstić information content (AvgIpc) is 3.39. The molecule has 224 valence electrons. The largest absolute Gasteiger partial charge is 0.325 e. The molecule has 1 amide bonds. The summed E-state index contributed by atoms with van der Waals surface area (Å²) in [5.41, 5.74) is 1.29. The normalized spacial score (nSPS) is 13.3. The number of fused-ring (bicyclic) bond motifs is 1. The first-order valence-corrected chi connectivity index (χ1v) is 16.8. The standard InChI is InChI=1S/C29H23Cl3FN3O5S2/c30-20-5-10-23(11-6-20)42(38,39)35(17-25-26(32)2-1-3-27(25)33)18-29(37)34-22-9-4-19-14-15-36(28(19)16-22)43(40,41)24-12-7-21(31)8-13-24/h1-13,16H,14-15,17-18H2,(H,34,37). The van der Waals surface area contributed by atoms with Crippen molar-refractivity contribution >= 4 is 72.1 Å². The lowest BCUT2D eigenvalue weighted by atomic mass is 10.1. The van der Waals surface area contributed by atoms with Crippen molar-refractivity contribution in [3.63, 3.8) is 0 Å². The summed E-state index contributed by atoms with van der Waals surface area (Å²) in [5, 5.41) is 3.34. The van der Waals surface area contributed by atoms with Crippen LogP contribution in [0.1, 0.15) is 11.1 Å². The van der Waals surface area contributed by atoms with Crippen LogP contribution >= 0.6 is 34.8 Å². The molecule has 8 nitrogen and oxygen atoms in total. The molecule has 4 aromatic carbocycles. The van der Waals surface area contributed by atoms with Crippen LogP contribution in [0.2, 0.25) is 15.1 Å². The first kappa shape index (κ1) is 31.2. The summed E-state index contributed by atoms with van der Waals surface area (Å²) in [4.78, 5) is 13.1. The predicted molar refractivity (Wildman–Crippen MR) is 165 cm³/mol. The minimum absolute atomic E-state index is 0.00248. The number of halogens is 4. The molecule has 43 heavy (non-hydrogen) atoms. The smallest absolute Gasteiger partial charge is 0.264 e. The van der Waals surface area contributed by atoms with Crippen LogP contribution in [0.4, 0.5) is 15.8 Å². The highest BCUT2D eigenvalue weighted by Gasteiger charge is 2.32. The van der Waals surface area contributed by atoms with Crippen LogP contribution < -0.4 is 9.62 Å². The number of carbonyl (C=O) groups excluding carboxylic acids is 1.